The highest BCUT2D eigenvalue weighted by Crippen LogP contribution is 2.18. The molecule has 1 aromatic heterocycles. The first-order valence-corrected chi connectivity index (χ1v) is 10.8. The first kappa shape index (κ1) is 20.1. The van der Waals surface area contributed by atoms with E-state index in [9.17, 15) is 18.0 Å². The van der Waals surface area contributed by atoms with E-state index in [1.54, 1.807) is 4.68 Å². The lowest BCUT2D eigenvalue weighted by molar-refractivity contribution is -0.148. The quantitative estimate of drug-likeness (QED) is 0.715. The van der Waals surface area contributed by atoms with Gasteiger partial charge in [-0.15, -0.1) is 0 Å². The van der Waals surface area contributed by atoms with E-state index in [1.807, 2.05) is 44.2 Å². The van der Waals surface area contributed by atoms with E-state index in [4.69, 9.17) is 4.74 Å². The smallest absolute Gasteiger partial charge is 0.310 e. The van der Waals surface area contributed by atoms with Crippen molar-refractivity contribution < 1.29 is 22.7 Å². The largest absolute Gasteiger partial charge is 0.455 e. The average molecular weight is 405 g/mol. The van der Waals surface area contributed by atoms with Crippen molar-refractivity contribution in [3.63, 3.8) is 0 Å². The SMILES string of the molecule is Cc1nn(-c2ccccc2)c(C)c1CC(=O)OCC(=O)N[C@H]1CCS(=O)(=O)C1. The molecule has 150 valence electrons. The van der Waals surface area contributed by atoms with Gasteiger partial charge in [0.05, 0.1) is 29.3 Å². The number of nitrogens with zero attached hydrogens (tertiary/aromatic N) is 2. The number of nitrogens with one attached hydrogen (secondary N) is 1. The van der Waals surface area contributed by atoms with Gasteiger partial charge in [0.25, 0.3) is 5.91 Å². The molecule has 3 rings (SSSR count). The van der Waals surface area contributed by atoms with E-state index in [-0.39, 0.29) is 17.9 Å². The maximum Gasteiger partial charge on any atom is 0.310 e. The van der Waals surface area contributed by atoms with E-state index in [1.165, 1.54) is 0 Å². The Labute approximate surface area is 163 Å². The second-order valence-electron chi connectivity index (χ2n) is 6.90. The molecule has 0 radical (unpaired) electrons. The van der Waals surface area contributed by atoms with E-state index in [0.717, 1.165) is 22.6 Å². The van der Waals surface area contributed by atoms with Gasteiger partial charge < -0.3 is 10.1 Å². The Bertz CT molecular complexity index is 982. The third-order valence-corrected chi connectivity index (χ3v) is 6.49. The number of sulfone groups is 1. The van der Waals surface area contributed by atoms with Gasteiger partial charge in [-0.25, -0.2) is 13.1 Å². The fourth-order valence-corrected chi connectivity index (χ4v) is 4.94. The van der Waals surface area contributed by atoms with Crippen molar-refractivity contribution in [3.05, 3.63) is 47.3 Å². The van der Waals surface area contributed by atoms with Crippen LogP contribution in [0.2, 0.25) is 0 Å². The highest BCUT2D eigenvalue weighted by Gasteiger charge is 2.29. The summed E-state index contributed by atoms with van der Waals surface area (Å²) >= 11 is 0. The predicted molar refractivity (Wildman–Crippen MR) is 103 cm³/mol. The van der Waals surface area contributed by atoms with E-state index < -0.39 is 34.4 Å². The number of aryl methyl sites for hydroxylation is 1. The minimum absolute atomic E-state index is 0.00951. The Balaban J connectivity index is 1.55. The topological polar surface area (TPSA) is 107 Å². The molecule has 9 heteroatoms. The molecule has 0 unspecified atom stereocenters. The highest BCUT2D eigenvalue weighted by molar-refractivity contribution is 7.91. The molecule has 1 fully saturated rings. The molecule has 1 aliphatic heterocycles. The van der Waals surface area contributed by atoms with Gasteiger partial charge >= 0.3 is 5.97 Å². The summed E-state index contributed by atoms with van der Waals surface area (Å²) in [6.45, 7) is 3.27. The van der Waals surface area contributed by atoms with Crippen molar-refractivity contribution in [3.8, 4) is 5.69 Å². The second-order valence-corrected chi connectivity index (χ2v) is 9.13. The Morgan fingerprint density at radius 1 is 1.25 bits per heavy atom. The molecular weight excluding hydrogens is 382 g/mol. The van der Waals surface area contributed by atoms with Crippen molar-refractivity contribution in [2.24, 2.45) is 0 Å². The fraction of sp³-hybridized carbons (Fsp3) is 0.421. The molecule has 0 saturated carbocycles. The summed E-state index contributed by atoms with van der Waals surface area (Å²) in [5.41, 5.74) is 3.21. The zero-order chi connectivity index (χ0) is 20.3. The van der Waals surface area contributed by atoms with Crippen LogP contribution in [-0.4, -0.2) is 54.2 Å². The Hall–Kier alpha value is -2.68. The molecule has 1 atom stereocenters. The molecule has 1 aromatic carbocycles. The average Bonchev–Trinajstić information content (AvgIpc) is 3.13. The standard InChI is InChI=1S/C19H23N3O5S/c1-13-17(14(2)22(21-13)16-6-4-3-5-7-16)10-19(24)27-11-18(23)20-15-8-9-28(25,26)12-15/h3-7,15H,8-12H2,1-2H3,(H,20,23)/t15-/m0/s1. The third kappa shape index (κ3) is 4.78. The molecule has 1 aliphatic rings. The second kappa shape index (κ2) is 8.14. The van der Waals surface area contributed by atoms with E-state index in [2.05, 4.69) is 10.4 Å². The summed E-state index contributed by atoms with van der Waals surface area (Å²) in [4.78, 5) is 24.1. The molecule has 1 amide bonds. The van der Waals surface area contributed by atoms with Crippen LogP contribution in [0, 0.1) is 13.8 Å². The van der Waals surface area contributed by atoms with Gasteiger partial charge in [-0.05, 0) is 32.4 Å². The molecule has 28 heavy (non-hydrogen) atoms. The van der Waals surface area contributed by atoms with Crippen LogP contribution in [0.15, 0.2) is 30.3 Å². The van der Waals surface area contributed by atoms with Crippen LogP contribution < -0.4 is 5.32 Å². The highest BCUT2D eigenvalue weighted by atomic mass is 32.2. The van der Waals surface area contributed by atoms with Gasteiger partial charge in [0.1, 0.15) is 0 Å². The summed E-state index contributed by atoms with van der Waals surface area (Å²) in [7, 11) is -3.07. The van der Waals surface area contributed by atoms with Crippen LogP contribution >= 0.6 is 0 Å². The molecule has 1 saturated heterocycles. The Morgan fingerprint density at radius 3 is 2.61 bits per heavy atom. The third-order valence-electron chi connectivity index (χ3n) is 4.72. The Morgan fingerprint density at radius 2 is 1.96 bits per heavy atom. The summed E-state index contributed by atoms with van der Waals surface area (Å²) in [6, 6.07) is 9.18. The van der Waals surface area contributed by atoms with E-state index in [0.29, 0.717) is 6.42 Å². The maximum atomic E-state index is 12.2. The van der Waals surface area contributed by atoms with Gasteiger partial charge in [0.15, 0.2) is 16.4 Å². The number of rotatable bonds is 6. The van der Waals surface area contributed by atoms with Gasteiger partial charge in [0, 0.05) is 17.3 Å². The molecule has 2 heterocycles. The molecule has 1 N–H and O–H groups in total. The van der Waals surface area contributed by atoms with Crippen LogP contribution in [0.25, 0.3) is 5.69 Å². The zero-order valence-electron chi connectivity index (χ0n) is 15.8. The number of hydrogen-bond acceptors (Lipinski definition) is 6. The minimum atomic E-state index is -3.07. The minimum Gasteiger partial charge on any atom is -0.455 e. The molecule has 0 bridgehead atoms. The first-order valence-electron chi connectivity index (χ1n) is 9.01. The van der Waals surface area contributed by atoms with Gasteiger partial charge in [-0.2, -0.15) is 5.10 Å². The normalized spacial score (nSPS) is 18.0. The molecule has 8 nitrogen and oxygen atoms in total. The predicted octanol–water partition coefficient (Wildman–Crippen LogP) is 0.878. The summed E-state index contributed by atoms with van der Waals surface area (Å²) in [5.74, 6) is -1.03. The van der Waals surface area contributed by atoms with Crippen LogP contribution in [0.4, 0.5) is 0 Å². The van der Waals surface area contributed by atoms with Crippen LogP contribution in [0.3, 0.4) is 0 Å². The van der Waals surface area contributed by atoms with Crippen molar-refractivity contribution in [1.29, 1.82) is 0 Å². The lowest BCUT2D eigenvalue weighted by Gasteiger charge is -2.11. The summed E-state index contributed by atoms with van der Waals surface area (Å²) < 4.78 is 29.7. The summed E-state index contributed by atoms with van der Waals surface area (Å²) in [6.07, 6.45) is 0.397. The number of hydrogen-bond donors (Lipinski definition) is 1. The van der Waals surface area contributed by atoms with Crippen LogP contribution in [0.5, 0.6) is 0 Å². The van der Waals surface area contributed by atoms with E-state index >= 15 is 0 Å². The lowest BCUT2D eigenvalue weighted by atomic mass is 10.1. The lowest BCUT2D eigenvalue weighted by Crippen LogP contribution is -2.38. The number of carbonyl (C=O) groups is 2. The van der Waals surface area contributed by atoms with Crippen LogP contribution in [-0.2, 0) is 30.6 Å². The number of ether oxygens (including phenoxy) is 1. The number of carbonyl (C=O) groups excluding carboxylic acids is 2. The van der Waals surface area contributed by atoms with Gasteiger partial charge in [-0.3, -0.25) is 9.59 Å². The molecule has 2 aromatic rings. The number of esters is 1. The molecule has 0 spiro atoms. The van der Waals surface area contributed by atoms with Crippen molar-refractivity contribution in [2.45, 2.75) is 32.7 Å². The van der Waals surface area contributed by atoms with Gasteiger partial charge in [-0.1, -0.05) is 18.2 Å². The van der Waals surface area contributed by atoms with Crippen molar-refractivity contribution in [2.75, 3.05) is 18.1 Å². The number of para-hydroxylation sites is 1. The van der Waals surface area contributed by atoms with Crippen molar-refractivity contribution in [1.82, 2.24) is 15.1 Å². The van der Waals surface area contributed by atoms with Gasteiger partial charge in [0.2, 0.25) is 0 Å². The molecular formula is C19H23N3O5S. The maximum absolute atomic E-state index is 12.2. The summed E-state index contributed by atoms with van der Waals surface area (Å²) in [5, 5.41) is 7.07. The van der Waals surface area contributed by atoms with Crippen molar-refractivity contribution >= 4 is 21.7 Å². The zero-order valence-corrected chi connectivity index (χ0v) is 16.7. The number of aromatic nitrogens is 2. The molecule has 0 aliphatic carbocycles. The monoisotopic (exact) mass is 405 g/mol. The number of amides is 1. The number of benzene rings is 1. The van der Waals surface area contributed by atoms with Crippen LogP contribution in [0.1, 0.15) is 23.4 Å². The fourth-order valence-electron chi connectivity index (χ4n) is 3.27. The Kier molecular flexibility index (Phi) is 5.83. The first-order chi connectivity index (χ1) is 13.2.